The fourth-order valence-electron chi connectivity index (χ4n) is 0.421. The fraction of sp³-hybridized carbons (Fsp3) is 0.833. The van der Waals surface area contributed by atoms with Crippen LogP contribution in [0.5, 0.6) is 0 Å². The van der Waals surface area contributed by atoms with Crippen LogP contribution in [0.4, 0.5) is 0 Å². The molecule has 1 radical (unpaired) electrons. The molecule has 0 saturated carbocycles. The molecule has 0 heterocycles. The Balaban J connectivity index is 0. The maximum Gasteiger partial charge on any atom is 0.333 e. The monoisotopic (exact) mass is 211 g/mol. The van der Waals surface area contributed by atoms with Crippen LogP contribution in [0, 0.1) is 5.41 Å². The molecule has 0 aliphatic carbocycles. The van der Waals surface area contributed by atoms with E-state index in [0.29, 0.717) is 0 Å². The predicted molar refractivity (Wildman–Crippen MR) is 34.5 cm³/mol. The summed E-state index contributed by atoms with van der Waals surface area (Å²) in [5.74, 6) is -1.31. The van der Waals surface area contributed by atoms with Gasteiger partial charge in [-0.25, -0.2) is 4.79 Å². The van der Waals surface area contributed by atoms with Crippen LogP contribution in [0.2, 0.25) is 0 Å². The topological polar surface area (TPSA) is 77.8 Å². The number of aliphatic hydroxyl groups excluding tert-OH is 2. The summed E-state index contributed by atoms with van der Waals surface area (Å²) < 4.78 is 0. The summed E-state index contributed by atoms with van der Waals surface area (Å²) in [7, 11) is 0. The Bertz CT molecular complexity index is 135. The van der Waals surface area contributed by atoms with Gasteiger partial charge in [-0.1, -0.05) is 13.8 Å². The van der Waals surface area contributed by atoms with Crippen LogP contribution in [0.15, 0.2) is 0 Å². The van der Waals surface area contributed by atoms with Crippen molar-refractivity contribution >= 4 is 5.97 Å². The van der Waals surface area contributed by atoms with Gasteiger partial charge in [0, 0.05) is 22.5 Å². The SMILES string of the molecule is CC(C)(CO)C(O)C(=O)O.[Cu]. The van der Waals surface area contributed by atoms with E-state index < -0.39 is 17.5 Å². The first-order valence-electron chi connectivity index (χ1n) is 2.93. The number of carboxylic acids is 1. The maximum absolute atomic E-state index is 10.1. The summed E-state index contributed by atoms with van der Waals surface area (Å²) in [5, 5.41) is 25.8. The van der Waals surface area contributed by atoms with Crippen molar-refractivity contribution in [2.45, 2.75) is 20.0 Å². The zero-order valence-corrected chi connectivity index (χ0v) is 7.28. The molecule has 0 saturated heterocycles. The van der Waals surface area contributed by atoms with Crippen molar-refractivity contribution in [1.82, 2.24) is 0 Å². The van der Waals surface area contributed by atoms with E-state index in [0.717, 1.165) is 0 Å². The maximum atomic E-state index is 10.1. The molecular weight excluding hydrogens is 200 g/mol. The van der Waals surface area contributed by atoms with Crippen LogP contribution >= 0.6 is 0 Å². The molecule has 0 aliphatic heterocycles. The van der Waals surface area contributed by atoms with Gasteiger partial charge in [0.2, 0.25) is 0 Å². The number of aliphatic carboxylic acids is 1. The molecule has 0 aromatic heterocycles. The minimum Gasteiger partial charge on any atom is -0.479 e. The molecule has 5 heteroatoms. The van der Waals surface area contributed by atoms with E-state index in [1.165, 1.54) is 13.8 Å². The Morgan fingerprint density at radius 3 is 2.00 bits per heavy atom. The molecular formula is C6H12CuO4. The van der Waals surface area contributed by atoms with Crippen molar-refractivity contribution in [3.63, 3.8) is 0 Å². The molecule has 1 atom stereocenters. The summed E-state index contributed by atoms with van der Waals surface area (Å²) in [6.45, 7) is 2.61. The first-order valence-corrected chi connectivity index (χ1v) is 2.93. The normalized spacial score (nSPS) is 13.5. The average molecular weight is 212 g/mol. The zero-order valence-electron chi connectivity index (χ0n) is 6.34. The third-order valence-corrected chi connectivity index (χ3v) is 1.38. The van der Waals surface area contributed by atoms with Gasteiger partial charge in [-0.3, -0.25) is 0 Å². The summed E-state index contributed by atoms with van der Waals surface area (Å²) >= 11 is 0. The van der Waals surface area contributed by atoms with E-state index in [1.54, 1.807) is 0 Å². The van der Waals surface area contributed by atoms with Crippen LogP contribution in [-0.2, 0) is 21.9 Å². The van der Waals surface area contributed by atoms with Crippen LogP contribution in [0.25, 0.3) is 0 Å². The summed E-state index contributed by atoms with van der Waals surface area (Å²) in [6, 6.07) is 0. The van der Waals surface area contributed by atoms with Crippen molar-refractivity contribution in [3.05, 3.63) is 0 Å². The van der Waals surface area contributed by atoms with Gasteiger partial charge in [0.1, 0.15) is 0 Å². The minimum absolute atomic E-state index is 0. The number of hydrogen-bond acceptors (Lipinski definition) is 3. The van der Waals surface area contributed by atoms with Gasteiger partial charge >= 0.3 is 5.97 Å². The number of carboxylic acid groups (broad SMARTS) is 1. The molecule has 4 nitrogen and oxygen atoms in total. The standard InChI is InChI=1S/C6H12O4.Cu/c1-6(2,3-7)4(8)5(9)10;/h4,7-8H,3H2,1-2H3,(H,9,10);. The smallest absolute Gasteiger partial charge is 0.333 e. The zero-order chi connectivity index (χ0) is 8.36. The Morgan fingerprint density at radius 1 is 1.55 bits per heavy atom. The minimum atomic E-state index is -1.50. The van der Waals surface area contributed by atoms with Crippen LogP contribution in [-0.4, -0.2) is 34.0 Å². The van der Waals surface area contributed by atoms with Gasteiger partial charge < -0.3 is 15.3 Å². The quantitative estimate of drug-likeness (QED) is 0.548. The molecule has 71 valence electrons. The van der Waals surface area contributed by atoms with Gasteiger partial charge in [-0.15, -0.1) is 0 Å². The van der Waals surface area contributed by atoms with Gasteiger partial charge in [0.05, 0.1) is 6.61 Å². The molecule has 0 aliphatic rings. The van der Waals surface area contributed by atoms with E-state index in [4.69, 9.17) is 15.3 Å². The molecule has 1 unspecified atom stereocenters. The third kappa shape index (κ3) is 3.72. The molecule has 0 bridgehead atoms. The van der Waals surface area contributed by atoms with Crippen LogP contribution in [0.1, 0.15) is 13.8 Å². The van der Waals surface area contributed by atoms with Crippen molar-refractivity contribution in [1.29, 1.82) is 0 Å². The van der Waals surface area contributed by atoms with Crippen LogP contribution < -0.4 is 0 Å². The molecule has 0 fully saturated rings. The van der Waals surface area contributed by atoms with Gasteiger partial charge in [-0.05, 0) is 0 Å². The molecule has 0 spiro atoms. The molecule has 0 rings (SSSR count). The largest absolute Gasteiger partial charge is 0.479 e. The third-order valence-electron chi connectivity index (χ3n) is 1.38. The Hall–Kier alpha value is -0.0905. The van der Waals surface area contributed by atoms with E-state index >= 15 is 0 Å². The second kappa shape index (κ2) is 4.72. The first kappa shape index (κ1) is 13.5. The Kier molecular flexibility index (Phi) is 5.79. The van der Waals surface area contributed by atoms with Crippen molar-refractivity contribution in [3.8, 4) is 0 Å². The Morgan fingerprint density at radius 2 is 1.91 bits per heavy atom. The fourth-order valence-corrected chi connectivity index (χ4v) is 0.421. The number of carbonyl (C=O) groups is 1. The van der Waals surface area contributed by atoms with Crippen molar-refractivity contribution < 1.29 is 37.2 Å². The van der Waals surface area contributed by atoms with E-state index in [1.807, 2.05) is 0 Å². The van der Waals surface area contributed by atoms with Crippen LogP contribution in [0.3, 0.4) is 0 Å². The number of rotatable bonds is 3. The molecule has 0 aromatic rings. The van der Waals surface area contributed by atoms with Crippen molar-refractivity contribution in [2.75, 3.05) is 6.61 Å². The molecule has 0 aromatic carbocycles. The average Bonchev–Trinajstić information content (AvgIpc) is 1.86. The number of hydrogen-bond donors (Lipinski definition) is 3. The Labute approximate surface area is 75.7 Å². The second-order valence-corrected chi connectivity index (χ2v) is 2.89. The molecule has 3 N–H and O–H groups in total. The van der Waals surface area contributed by atoms with Gasteiger partial charge in [0.25, 0.3) is 0 Å². The van der Waals surface area contributed by atoms with E-state index in [2.05, 4.69) is 0 Å². The van der Waals surface area contributed by atoms with Crippen molar-refractivity contribution in [2.24, 2.45) is 5.41 Å². The van der Waals surface area contributed by atoms with E-state index in [9.17, 15) is 4.79 Å². The summed E-state index contributed by atoms with van der Waals surface area (Å²) in [6.07, 6.45) is -1.50. The predicted octanol–water partition coefficient (Wildman–Crippen LogP) is -0.552. The number of aliphatic hydroxyl groups is 2. The second-order valence-electron chi connectivity index (χ2n) is 2.89. The first-order chi connectivity index (χ1) is 4.41. The van der Waals surface area contributed by atoms with Gasteiger partial charge in [0.15, 0.2) is 6.10 Å². The summed E-state index contributed by atoms with van der Waals surface area (Å²) in [5.41, 5.74) is -0.966. The summed E-state index contributed by atoms with van der Waals surface area (Å²) in [4.78, 5) is 10.1. The molecule has 11 heavy (non-hydrogen) atoms. The van der Waals surface area contributed by atoms with Gasteiger partial charge in [-0.2, -0.15) is 0 Å². The molecule has 0 amide bonds. The van der Waals surface area contributed by atoms with E-state index in [-0.39, 0.29) is 23.7 Å².